The number of benzene rings is 4. The second-order valence-corrected chi connectivity index (χ2v) is 12.2. The van der Waals surface area contributed by atoms with Gasteiger partial charge in [-0.05, 0) is 41.5 Å². The molecule has 0 aromatic heterocycles. The van der Waals surface area contributed by atoms with E-state index in [9.17, 15) is 18.0 Å². The Morgan fingerprint density at radius 1 is 0.953 bits per heavy atom. The highest BCUT2D eigenvalue weighted by molar-refractivity contribution is 7.89. The third-order valence-electron chi connectivity index (χ3n) is 6.95. The number of nitrogens with zero attached hydrogens (tertiary/aromatic N) is 2. The van der Waals surface area contributed by atoms with Gasteiger partial charge in [-0.3, -0.25) is 9.59 Å². The molecule has 1 atom stereocenters. The molecule has 5 rings (SSSR count). The summed E-state index contributed by atoms with van der Waals surface area (Å²) in [5.74, 6) is -0.234. The number of para-hydroxylation sites is 2. The molecule has 43 heavy (non-hydrogen) atoms. The van der Waals surface area contributed by atoms with Gasteiger partial charge in [0.1, 0.15) is 11.5 Å². The molecule has 222 valence electrons. The second-order valence-electron chi connectivity index (χ2n) is 9.84. The van der Waals surface area contributed by atoms with E-state index in [2.05, 4.69) is 5.32 Å². The number of amides is 2. The fourth-order valence-corrected chi connectivity index (χ4v) is 6.44. The minimum Gasteiger partial charge on any atom is -0.495 e. The van der Waals surface area contributed by atoms with Crippen LogP contribution in [0.2, 0.25) is 5.02 Å². The van der Waals surface area contributed by atoms with E-state index in [1.165, 1.54) is 30.2 Å². The minimum atomic E-state index is -4.19. The van der Waals surface area contributed by atoms with Crippen LogP contribution in [0.4, 0.5) is 5.69 Å². The Bertz CT molecular complexity index is 1700. The summed E-state index contributed by atoms with van der Waals surface area (Å²) < 4.78 is 40.1. The third kappa shape index (κ3) is 6.99. The van der Waals surface area contributed by atoms with Crippen molar-refractivity contribution in [2.45, 2.75) is 24.1 Å². The van der Waals surface area contributed by atoms with Gasteiger partial charge >= 0.3 is 0 Å². The number of fused-ring (bicyclic) bond motifs is 1. The Hall–Kier alpha value is -4.38. The Kier molecular flexibility index (Phi) is 9.30. The topological polar surface area (TPSA) is 105 Å². The van der Waals surface area contributed by atoms with Crippen LogP contribution in [0.3, 0.4) is 0 Å². The monoisotopic (exact) mass is 619 g/mol. The van der Waals surface area contributed by atoms with Gasteiger partial charge in [-0.25, -0.2) is 8.42 Å². The predicted octanol–water partition coefficient (Wildman–Crippen LogP) is 4.65. The van der Waals surface area contributed by atoms with Crippen LogP contribution in [-0.2, 0) is 32.7 Å². The Morgan fingerprint density at radius 2 is 1.60 bits per heavy atom. The van der Waals surface area contributed by atoms with Crippen molar-refractivity contribution in [2.75, 3.05) is 25.1 Å². The van der Waals surface area contributed by atoms with E-state index in [1.807, 2.05) is 36.4 Å². The molecule has 0 aliphatic carbocycles. The molecule has 11 heteroatoms. The lowest BCUT2D eigenvalue weighted by atomic mass is 10.1. The number of carbonyl (C=O) groups excluding carboxylic acids is 2. The van der Waals surface area contributed by atoms with Gasteiger partial charge in [-0.2, -0.15) is 4.31 Å². The van der Waals surface area contributed by atoms with E-state index < -0.39 is 34.5 Å². The molecule has 1 heterocycles. The average molecular weight is 620 g/mol. The van der Waals surface area contributed by atoms with E-state index >= 15 is 0 Å². The van der Waals surface area contributed by atoms with Crippen LogP contribution >= 0.6 is 11.6 Å². The molecule has 1 aliphatic heterocycles. The summed E-state index contributed by atoms with van der Waals surface area (Å²) in [5.41, 5.74) is 2.06. The van der Waals surface area contributed by atoms with Gasteiger partial charge in [-0.15, -0.1) is 0 Å². The zero-order valence-corrected chi connectivity index (χ0v) is 24.9. The Morgan fingerprint density at radius 3 is 2.28 bits per heavy atom. The van der Waals surface area contributed by atoms with Crippen LogP contribution in [0.25, 0.3) is 0 Å². The third-order valence-corrected chi connectivity index (χ3v) is 9.03. The molecule has 4 aromatic carbocycles. The van der Waals surface area contributed by atoms with Gasteiger partial charge < -0.3 is 19.7 Å². The van der Waals surface area contributed by atoms with Crippen LogP contribution in [0.15, 0.2) is 108 Å². The van der Waals surface area contributed by atoms with Crippen LogP contribution in [0.1, 0.15) is 11.1 Å². The summed E-state index contributed by atoms with van der Waals surface area (Å²) in [6, 6.07) is 29.4. The van der Waals surface area contributed by atoms with Crippen LogP contribution in [-0.4, -0.2) is 50.8 Å². The van der Waals surface area contributed by atoms with Crippen LogP contribution in [0, 0.1) is 0 Å². The molecule has 0 spiro atoms. The van der Waals surface area contributed by atoms with Gasteiger partial charge in [0.25, 0.3) is 5.91 Å². The first kappa shape index (κ1) is 30.1. The molecular weight excluding hydrogens is 590 g/mol. The standard InChI is InChI=1S/C32H30ClN3O6S/c1-41-28-17-16-25(18-26(28)33)43(39,40)35(20-24-12-6-3-7-13-24)22-31(37)36-21-30(42-29-15-9-8-14-27(29)36)32(38)34-19-23-10-4-2-5-11-23/h2-18,30H,19-22H2,1H3,(H,34,38)/t30-/m1/s1. The average Bonchev–Trinajstić information content (AvgIpc) is 3.03. The number of hydrogen-bond acceptors (Lipinski definition) is 6. The number of hydrogen-bond donors (Lipinski definition) is 1. The first-order valence-corrected chi connectivity index (χ1v) is 15.3. The van der Waals surface area contributed by atoms with E-state index in [4.69, 9.17) is 21.1 Å². The van der Waals surface area contributed by atoms with E-state index in [0.717, 1.165) is 9.87 Å². The predicted molar refractivity (Wildman–Crippen MR) is 164 cm³/mol. The van der Waals surface area contributed by atoms with Crippen molar-refractivity contribution in [2.24, 2.45) is 0 Å². The number of nitrogens with one attached hydrogen (secondary N) is 1. The van der Waals surface area contributed by atoms with Crippen molar-refractivity contribution in [1.82, 2.24) is 9.62 Å². The number of carbonyl (C=O) groups is 2. The summed E-state index contributed by atoms with van der Waals surface area (Å²) in [7, 11) is -2.76. The Balaban J connectivity index is 1.41. The summed E-state index contributed by atoms with van der Waals surface area (Å²) in [4.78, 5) is 28.4. The SMILES string of the molecule is COc1ccc(S(=O)(=O)N(CC(=O)N2C[C@H](C(=O)NCc3ccccc3)Oc3ccccc32)Cc2ccccc2)cc1Cl. The van der Waals surface area contributed by atoms with E-state index in [0.29, 0.717) is 29.3 Å². The highest BCUT2D eigenvalue weighted by Gasteiger charge is 2.36. The molecule has 0 saturated heterocycles. The van der Waals surface area contributed by atoms with Crippen LogP contribution < -0.4 is 19.7 Å². The summed E-state index contributed by atoms with van der Waals surface area (Å²) in [6.45, 7) is -0.355. The summed E-state index contributed by atoms with van der Waals surface area (Å²) in [5, 5.41) is 2.99. The molecule has 4 aromatic rings. The van der Waals surface area contributed by atoms with Crippen molar-refractivity contribution in [3.8, 4) is 11.5 Å². The summed E-state index contributed by atoms with van der Waals surface area (Å²) >= 11 is 6.26. The minimum absolute atomic E-state index is 0.0639. The zero-order chi connectivity index (χ0) is 30.4. The quantitative estimate of drug-likeness (QED) is 0.277. The maximum atomic E-state index is 13.9. The van der Waals surface area contributed by atoms with Gasteiger partial charge in [0.15, 0.2) is 6.10 Å². The van der Waals surface area contributed by atoms with Crippen molar-refractivity contribution >= 4 is 39.1 Å². The molecule has 2 amide bonds. The molecule has 0 radical (unpaired) electrons. The summed E-state index contributed by atoms with van der Waals surface area (Å²) in [6.07, 6.45) is -0.998. The van der Waals surface area contributed by atoms with Gasteiger partial charge in [0.05, 0.1) is 35.8 Å². The fraction of sp³-hybridized carbons (Fsp3) is 0.188. The van der Waals surface area contributed by atoms with Gasteiger partial charge in [0, 0.05) is 13.1 Å². The number of halogens is 1. The molecule has 0 unspecified atom stereocenters. The normalized spacial score (nSPS) is 14.5. The smallest absolute Gasteiger partial charge is 0.263 e. The maximum Gasteiger partial charge on any atom is 0.263 e. The largest absolute Gasteiger partial charge is 0.495 e. The highest BCUT2D eigenvalue weighted by atomic mass is 35.5. The first-order valence-electron chi connectivity index (χ1n) is 13.5. The molecule has 1 N–H and O–H groups in total. The molecule has 9 nitrogen and oxygen atoms in total. The van der Waals surface area contributed by atoms with Crippen molar-refractivity contribution < 1.29 is 27.5 Å². The number of sulfonamides is 1. The maximum absolute atomic E-state index is 13.9. The van der Waals surface area contributed by atoms with E-state index in [1.54, 1.807) is 48.5 Å². The number of anilines is 1. The fourth-order valence-electron chi connectivity index (χ4n) is 4.71. The molecule has 0 bridgehead atoms. The Labute approximate surface area is 255 Å². The van der Waals surface area contributed by atoms with Crippen molar-refractivity contribution in [1.29, 1.82) is 0 Å². The van der Waals surface area contributed by atoms with E-state index in [-0.39, 0.29) is 23.0 Å². The highest BCUT2D eigenvalue weighted by Crippen LogP contribution is 2.34. The molecule has 0 fully saturated rings. The lowest BCUT2D eigenvalue weighted by molar-refractivity contribution is -0.128. The second kappa shape index (κ2) is 13.3. The lowest BCUT2D eigenvalue weighted by Crippen LogP contribution is -2.52. The zero-order valence-electron chi connectivity index (χ0n) is 23.4. The van der Waals surface area contributed by atoms with Crippen molar-refractivity contribution in [3.05, 3.63) is 119 Å². The number of rotatable bonds is 10. The van der Waals surface area contributed by atoms with Gasteiger partial charge in [0.2, 0.25) is 15.9 Å². The lowest BCUT2D eigenvalue weighted by Gasteiger charge is -2.35. The number of ether oxygens (including phenoxy) is 2. The molecular formula is C32H30ClN3O6S. The van der Waals surface area contributed by atoms with Crippen LogP contribution in [0.5, 0.6) is 11.5 Å². The number of methoxy groups -OCH3 is 1. The first-order chi connectivity index (χ1) is 20.8. The molecule has 0 saturated carbocycles. The van der Waals surface area contributed by atoms with Gasteiger partial charge in [-0.1, -0.05) is 84.4 Å². The van der Waals surface area contributed by atoms with Crippen molar-refractivity contribution in [3.63, 3.8) is 0 Å². The molecule has 1 aliphatic rings.